The van der Waals surface area contributed by atoms with Crippen LogP contribution < -0.4 is 30.0 Å². The van der Waals surface area contributed by atoms with Gasteiger partial charge in [0.2, 0.25) is 0 Å². The molecule has 77 heavy (non-hydrogen) atoms. The van der Waals surface area contributed by atoms with Crippen LogP contribution in [0.2, 0.25) is 13.1 Å². The molecule has 2 aliphatic heterocycles. The molecule has 9 heteroatoms. The van der Waals surface area contributed by atoms with Crippen molar-refractivity contribution in [1.82, 2.24) is 14.1 Å². The SMILES string of the molecule is Cc1cccc(C)c1B1N(c2[c-]c3c(cc2)c2ccccc2n3-c2cc(C(C)(C)C)ccn2)c2[c-]c3c(cc2N1c1ccccc1)[Si](C)(C)c1cccc2c1n-3[c-][n+]2-c1c(-c2ccccc2)cccc1-c1ccccc1.[Pt]. The molecule has 0 radical (unpaired) electrons. The number of para-hydroxylation sites is 4. The van der Waals surface area contributed by atoms with Crippen molar-refractivity contribution in [1.29, 1.82) is 0 Å². The second kappa shape index (κ2) is 18.3. The van der Waals surface area contributed by atoms with Gasteiger partial charge in [0.15, 0.2) is 0 Å². The summed E-state index contributed by atoms with van der Waals surface area (Å²) < 4.78 is 6.98. The normalized spacial score (nSPS) is 13.6. The Balaban J connectivity index is 0.00000566. The van der Waals surface area contributed by atoms with Gasteiger partial charge in [-0.2, -0.15) is 18.2 Å². The number of aromatic nitrogens is 4. The van der Waals surface area contributed by atoms with Crippen LogP contribution in [0.3, 0.4) is 0 Å². The first-order chi connectivity index (χ1) is 37.0. The summed E-state index contributed by atoms with van der Waals surface area (Å²) in [5, 5.41) is 4.99. The fraction of sp³-hybridized carbons (Fsp3) is 0.118. The van der Waals surface area contributed by atoms with Crippen molar-refractivity contribution >= 4 is 86.5 Å². The van der Waals surface area contributed by atoms with Crippen LogP contribution in [0.15, 0.2) is 206 Å². The van der Waals surface area contributed by atoms with E-state index in [-0.39, 0.29) is 33.5 Å². The largest absolute Gasteiger partial charge is 0.415 e. The van der Waals surface area contributed by atoms with Crippen LogP contribution in [0.25, 0.3) is 72.3 Å². The summed E-state index contributed by atoms with van der Waals surface area (Å²) >= 11 is 0. The molecule has 6 nitrogen and oxygen atoms in total. The molecule has 0 atom stereocenters. The second-order valence-corrected chi connectivity index (χ2v) is 26.5. The zero-order valence-corrected chi connectivity index (χ0v) is 47.5. The Morgan fingerprint density at radius 2 is 1.22 bits per heavy atom. The first kappa shape index (κ1) is 48.6. The molecule has 376 valence electrons. The summed E-state index contributed by atoms with van der Waals surface area (Å²) in [6, 6.07) is 81.4. The van der Waals surface area contributed by atoms with E-state index in [1.807, 2.05) is 6.20 Å². The summed E-state index contributed by atoms with van der Waals surface area (Å²) in [5.74, 6) is 0.877. The van der Waals surface area contributed by atoms with Gasteiger partial charge in [0.1, 0.15) is 5.82 Å². The number of rotatable bonds is 7. The number of nitrogens with zero attached hydrogens (tertiary/aromatic N) is 6. The number of fused-ring (bicyclic) bond motifs is 6. The zero-order chi connectivity index (χ0) is 51.6. The fourth-order valence-electron chi connectivity index (χ4n) is 12.4. The minimum Gasteiger partial charge on any atom is -0.415 e. The number of anilines is 4. The Morgan fingerprint density at radius 3 is 1.91 bits per heavy atom. The number of hydrogen-bond donors (Lipinski definition) is 0. The molecule has 9 aromatic carbocycles. The second-order valence-electron chi connectivity index (χ2n) is 22.1. The molecule has 0 fully saturated rings. The first-order valence-corrected chi connectivity index (χ1v) is 29.4. The number of pyridine rings is 1. The quantitative estimate of drug-likeness (QED) is 0.0906. The van der Waals surface area contributed by atoms with Crippen LogP contribution in [0.5, 0.6) is 0 Å². The molecular weight excluding hydrogens is 1130 g/mol. The van der Waals surface area contributed by atoms with Crippen molar-refractivity contribution in [2.45, 2.75) is 53.1 Å². The Bertz CT molecular complexity index is 4220. The summed E-state index contributed by atoms with van der Waals surface area (Å²) in [6.45, 7) is 16.0. The van der Waals surface area contributed by atoms with Crippen molar-refractivity contribution in [3.8, 4) is 39.4 Å². The van der Waals surface area contributed by atoms with Crippen molar-refractivity contribution < 1.29 is 25.6 Å². The molecule has 12 aromatic rings. The molecule has 0 unspecified atom stereocenters. The van der Waals surface area contributed by atoms with Gasteiger partial charge in [0, 0.05) is 46.5 Å². The standard InChI is InChI=1S/C68H55BN6Si.Pt/c1-45-22-19-23-46(2)65(45)69-74(50-28-15-10-16-29-50)60-43-63-61(42-59(60)75(69)51-36-37-55-54-30-17-18-33-56(54)73(58(55)41-51)64-40-49(38-39-70-64)68(3,4)5)72-44-71(57-34-21-35-62(67(57)72)76(63,6)7)66-52(47-24-11-8-12-25-47)31-20-32-53(66)48-26-13-9-14-27-48;/h8-40,43H,1-7H3;/q-2;. The van der Waals surface area contributed by atoms with E-state index in [0.717, 1.165) is 84.1 Å². The van der Waals surface area contributed by atoms with Crippen LogP contribution in [0.1, 0.15) is 37.5 Å². The van der Waals surface area contributed by atoms with E-state index in [0.29, 0.717) is 0 Å². The summed E-state index contributed by atoms with van der Waals surface area (Å²) in [7, 11) is -2.47. The molecule has 0 spiro atoms. The Labute approximate surface area is 466 Å². The van der Waals surface area contributed by atoms with Crippen molar-refractivity contribution in [2.24, 2.45) is 0 Å². The van der Waals surface area contributed by atoms with Gasteiger partial charge >= 0.3 is 6.98 Å². The van der Waals surface area contributed by atoms with Crippen LogP contribution >= 0.6 is 0 Å². The van der Waals surface area contributed by atoms with E-state index in [1.54, 1.807) is 0 Å². The van der Waals surface area contributed by atoms with Crippen LogP contribution in [0.4, 0.5) is 22.7 Å². The van der Waals surface area contributed by atoms with Crippen LogP contribution in [-0.2, 0) is 26.5 Å². The Morgan fingerprint density at radius 1 is 0.584 bits per heavy atom. The third-order valence-corrected chi connectivity index (χ3v) is 19.7. The number of hydrogen-bond acceptors (Lipinski definition) is 3. The minimum absolute atomic E-state index is 0. The summed E-state index contributed by atoms with van der Waals surface area (Å²) in [5.41, 5.74) is 20.1. The molecule has 0 saturated carbocycles. The molecular formula is C68H55BN6PtSi-2. The van der Waals surface area contributed by atoms with Gasteiger partial charge in [-0.3, -0.25) is 4.57 Å². The summed E-state index contributed by atoms with van der Waals surface area (Å²) in [6.07, 6.45) is 6.02. The molecule has 2 aliphatic rings. The maximum Gasteiger partial charge on any atom is 0.406 e. The monoisotopic (exact) mass is 1190 g/mol. The summed E-state index contributed by atoms with van der Waals surface area (Å²) in [4.78, 5) is 10.2. The molecule has 0 bridgehead atoms. The van der Waals surface area contributed by atoms with Crippen LogP contribution in [0, 0.1) is 32.3 Å². The minimum atomic E-state index is -2.47. The van der Waals surface area contributed by atoms with Crippen molar-refractivity contribution in [3.63, 3.8) is 0 Å². The molecule has 0 aliphatic carbocycles. The predicted molar refractivity (Wildman–Crippen MR) is 318 cm³/mol. The van der Waals surface area contributed by atoms with E-state index in [1.165, 1.54) is 43.4 Å². The van der Waals surface area contributed by atoms with E-state index in [9.17, 15) is 0 Å². The molecule has 3 aromatic heterocycles. The smallest absolute Gasteiger partial charge is 0.406 e. The fourth-order valence-corrected chi connectivity index (χ4v) is 15.3. The van der Waals surface area contributed by atoms with Gasteiger partial charge in [-0.05, 0) is 93.9 Å². The average molecular weight is 1190 g/mol. The zero-order valence-electron chi connectivity index (χ0n) is 44.2. The van der Waals surface area contributed by atoms with Crippen molar-refractivity contribution in [3.05, 3.63) is 242 Å². The number of aryl methyl sites for hydroxylation is 2. The van der Waals surface area contributed by atoms with Gasteiger partial charge < -0.3 is 18.8 Å². The van der Waals surface area contributed by atoms with E-state index < -0.39 is 8.07 Å². The Kier molecular flexibility index (Phi) is 11.6. The molecule has 0 amide bonds. The Hall–Kier alpha value is -8.03. The van der Waals surface area contributed by atoms with E-state index >= 15 is 0 Å². The molecule has 14 rings (SSSR count). The number of imidazole rings is 1. The van der Waals surface area contributed by atoms with Crippen molar-refractivity contribution in [2.75, 3.05) is 9.62 Å². The predicted octanol–water partition coefficient (Wildman–Crippen LogP) is 13.9. The number of benzene rings is 9. The van der Waals surface area contributed by atoms with Gasteiger partial charge in [-0.1, -0.05) is 224 Å². The van der Waals surface area contributed by atoms with E-state index in [4.69, 9.17) is 4.98 Å². The average Bonchev–Trinajstić information content (AvgIpc) is 4.33. The maximum atomic E-state index is 5.07. The molecule has 5 heterocycles. The van der Waals surface area contributed by atoms with E-state index in [2.05, 4.69) is 290 Å². The third kappa shape index (κ3) is 7.55. The third-order valence-electron chi connectivity index (χ3n) is 16.2. The topological polar surface area (TPSA) is 33.1 Å². The van der Waals surface area contributed by atoms with Gasteiger partial charge in [-0.15, -0.1) is 22.7 Å². The van der Waals surface area contributed by atoms with Gasteiger partial charge in [0.25, 0.3) is 6.33 Å². The van der Waals surface area contributed by atoms with Crippen LogP contribution in [-0.4, -0.2) is 29.2 Å². The van der Waals surface area contributed by atoms with Gasteiger partial charge in [-0.25, -0.2) is 4.98 Å². The van der Waals surface area contributed by atoms with Gasteiger partial charge in [0.05, 0.1) is 16.7 Å². The maximum absolute atomic E-state index is 5.07. The first-order valence-electron chi connectivity index (χ1n) is 26.4. The molecule has 0 N–H and O–H groups in total. The molecule has 0 saturated heterocycles.